The number of rotatable bonds is 4. The second kappa shape index (κ2) is 6.92. The van der Waals surface area contributed by atoms with Gasteiger partial charge >= 0.3 is 0 Å². The van der Waals surface area contributed by atoms with E-state index in [1.807, 2.05) is 42.1 Å². The van der Waals surface area contributed by atoms with Crippen LogP contribution in [0, 0.1) is 0 Å². The van der Waals surface area contributed by atoms with Gasteiger partial charge in [-0.2, -0.15) is 5.10 Å². The second-order valence-electron chi connectivity index (χ2n) is 6.16. The zero-order valence-electron chi connectivity index (χ0n) is 14.8. The van der Waals surface area contributed by atoms with Gasteiger partial charge in [-0.1, -0.05) is 24.3 Å². The smallest absolute Gasteiger partial charge is 0.256 e. The zero-order valence-corrected chi connectivity index (χ0v) is 14.8. The van der Waals surface area contributed by atoms with Crippen LogP contribution in [0.1, 0.15) is 17.3 Å². The van der Waals surface area contributed by atoms with E-state index >= 15 is 0 Å². The lowest BCUT2D eigenvalue weighted by Crippen LogP contribution is -2.13. The lowest BCUT2D eigenvalue weighted by molar-refractivity contribution is 0.102. The summed E-state index contributed by atoms with van der Waals surface area (Å²) in [5.41, 5.74) is 3.33. The molecule has 1 amide bonds. The third-order valence-electron chi connectivity index (χ3n) is 4.32. The average Bonchev–Trinajstić information content (AvgIpc) is 3.16. The Balaban J connectivity index is 1.79. The molecule has 0 aliphatic carbocycles. The van der Waals surface area contributed by atoms with Gasteiger partial charge in [-0.15, -0.1) is 0 Å². The highest BCUT2D eigenvalue weighted by Crippen LogP contribution is 2.26. The first-order valence-corrected chi connectivity index (χ1v) is 8.67. The third-order valence-corrected chi connectivity index (χ3v) is 4.32. The molecule has 134 valence electrons. The number of phenols is 1. The lowest BCUT2D eigenvalue weighted by Gasteiger charge is -2.10. The van der Waals surface area contributed by atoms with Gasteiger partial charge in [0.25, 0.3) is 5.91 Å². The van der Waals surface area contributed by atoms with Crippen LogP contribution in [0.5, 0.6) is 5.75 Å². The Morgan fingerprint density at radius 3 is 2.78 bits per heavy atom. The number of hydrogen-bond donors (Lipinski definition) is 2. The number of benzene rings is 2. The molecule has 6 heteroatoms. The molecule has 6 nitrogen and oxygen atoms in total. The van der Waals surface area contributed by atoms with Crippen LogP contribution in [0.25, 0.3) is 22.2 Å². The van der Waals surface area contributed by atoms with Crippen molar-refractivity contribution in [1.82, 2.24) is 14.8 Å². The minimum absolute atomic E-state index is 0.0973. The molecule has 0 spiro atoms. The number of nitrogens with zero attached hydrogens (tertiary/aromatic N) is 3. The van der Waals surface area contributed by atoms with E-state index in [4.69, 9.17) is 0 Å². The predicted octanol–water partition coefficient (Wildman–Crippen LogP) is 4.08. The first-order chi connectivity index (χ1) is 13.1. The number of aryl methyl sites for hydroxylation is 1. The zero-order chi connectivity index (χ0) is 18.8. The van der Waals surface area contributed by atoms with Gasteiger partial charge in [-0.25, -0.2) is 4.98 Å². The van der Waals surface area contributed by atoms with E-state index in [0.29, 0.717) is 16.9 Å². The minimum atomic E-state index is -0.261. The minimum Gasteiger partial charge on any atom is -0.508 e. The van der Waals surface area contributed by atoms with E-state index in [0.717, 1.165) is 23.0 Å². The molecule has 27 heavy (non-hydrogen) atoms. The summed E-state index contributed by atoms with van der Waals surface area (Å²) in [4.78, 5) is 17.6. The molecule has 0 saturated heterocycles. The first kappa shape index (κ1) is 16.8. The van der Waals surface area contributed by atoms with Gasteiger partial charge in [0.1, 0.15) is 5.75 Å². The maximum atomic E-state index is 12.9. The fourth-order valence-corrected chi connectivity index (χ4v) is 2.96. The van der Waals surface area contributed by atoms with E-state index < -0.39 is 0 Å². The summed E-state index contributed by atoms with van der Waals surface area (Å²) in [5, 5.41) is 17.5. The van der Waals surface area contributed by atoms with E-state index in [-0.39, 0.29) is 11.7 Å². The van der Waals surface area contributed by atoms with Gasteiger partial charge in [0.2, 0.25) is 0 Å². The number of nitrogens with one attached hydrogen (secondary N) is 1. The molecular weight excluding hydrogens is 340 g/mol. The van der Waals surface area contributed by atoms with Gasteiger partial charge < -0.3 is 10.4 Å². The topological polar surface area (TPSA) is 80.0 Å². The van der Waals surface area contributed by atoms with Crippen molar-refractivity contribution in [3.8, 4) is 17.0 Å². The van der Waals surface area contributed by atoms with Crippen LogP contribution >= 0.6 is 0 Å². The molecule has 0 fully saturated rings. The SMILES string of the molecule is CCn1cc(-c2cc(C(=O)Nc3cccc(O)c3)c3ccccc3n2)cn1. The summed E-state index contributed by atoms with van der Waals surface area (Å²) in [7, 11) is 0. The van der Waals surface area contributed by atoms with E-state index in [1.165, 1.54) is 6.07 Å². The van der Waals surface area contributed by atoms with Gasteiger partial charge in [0.05, 0.1) is 23.0 Å². The normalized spacial score (nSPS) is 10.9. The predicted molar refractivity (Wildman–Crippen MR) is 105 cm³/mol. The molecule has 2 N–H and O–H groups in total. The molecule has 0 aliphatic heterocycles. The van der Waals surface area contributed by atoms with Crippen LogP contribution in [0.15, 0.2) is 67.0 Å². The van der Waals surface area contributed by atoms with Crippen molar-refractivity contribution in [2.24, 2.45) is 0 Å². The number of amides is 1. The number of carbonyl (C=O) groups is 1. The quantitative estimate of drug-likeness (QED) is 0.576. The number of phenolic OH excluding ortho intramolecular Hbond substituents is 1. The molecule has 2 heterocycles. The number of carbonyl (C=O) groups excluding carboxylic acids is 1. The molecule has 2 aromatic heterocycles. The van der Waals surface area contributed by atoms with Gasteiger partial charge in [-0.05, 0) is 31.2 Å². The van der Waals surface area contributed by atoms with Crippen LogP contribution in [0.3, 0.4) is 0 Å². The van der Waals surface area contributed by atoms with Crippen LogP contribution in [-0.4, -0.2) is 25.8 Å². The molecule has 0 saturated carbocycles. The average molecular weight is 358 g/mol. The molecule has 0 atom stereocenters. The van der Waals surface area contributed by atoms with E-state index in [9.17, 15) is 9.90 Å². The van der Waals surface area contributed by atoms with E-state index in [2.05, 4.69) is 15.4 Å². The Hall–Kier alpha value is -3.67. The van der Waals surface area contributed by atoms with Crippen molar-refractivity contribution in [3.63, 3.8) is 0 Å². The monoisotopic (exact) mass is 358 g/mol. The Labute approximate surface area is 156 Å². The van der Waals surface area contributed by atoms with Crippen molar-refractivity contribution in [3.05, 3.63) is 72.6 Å². The number of aromatic hydroxyl groups is 1. The number of pyridine rings is 1. The maximum Gasteiger partial charge on any atom is 0.256 e. The van der Waals surface area contributed by atoms with Crippen molar-refractivity contribution in [2.45, 2.75) is 13.5 Å². The number of fused-ring (bicyclic) bond motifs is 1. The number of para-hydroxylation sites is 1. The van der Waals surface area contributed by atoms with Gasteiger partial charge in [0.15, 0.2) is 0 Å². The molecule has 0 aliphatic rings. The van der Waals surface area contributed by atoms with Gasteiger partial charge in [-0.3, -0.25) is 9.48 Å². The fourth-order valence-electron chi connectivity index (χ4n) is 2.96. The molecule has 4 aromatic rings. The summed E-state index contributed by atoms with van der Waals surface area (Å²) in [6.45, 7) is 2.77. The third kappa shape index (κ3) is 3.37. The van der Waals surface area contributed by atoms with Crippen LogP contribution in [0.2, 0.25) is 0 Å². The highest BCUT2D eigenvalue weighted by molar-refractivity contribution is 6.13. The van der Waals surface area contributed by atoms with Crippen molar-refractivity contribution in [2.75, 3.05) is 5.32 Å². The van der Waals surface area contributed by atoms with Crippen LogP contribution < -0.4 is 5.32 Å². The van der Waals surface area contributed by atoms with Crippen LogP contribution in [-0.2, 0) is 6.54 Å². The summed E-state index contributed by atoms with van der Waals surface area (Å²) >= 11 is 0. The summed E-state index contributed by atoms with van der Waals surface area (Å²) in [5.74, 6) is -0.164. The van der Waals surface area contributed by atoms with Gasteiger partial charge in [0, 0.05) is 35.4 Å². The largest absolute Gasteiger partial charge is 0.508 e. The Kier molecular flexibility index (Phi) is 4.30. The Morgan fingerprint density at radius 1 is 1.15 bits per heavy atom. The van der Waals surface area contributed by atoms with E-state index in [1.54, 1.807) is 30.5 Å². The molecule has 0 unspecified atom stereocenters. The van der Waals surface area contributed by atoms with Crippen molar-refractivity contribution < 1.29 is 9.90 Å². The van der Waals surface area contributed by atoms with Crippen LogP contribution in [0.4, 0.5) is 5.69 Å². The number of anilines is 1. The first-order valence-electron chi connectivity index (χ1n) is 8.67. The highest BCUT2D eigenvalue weighted by Gasteiger charge is 2.15. The summed E-state index contributed by atoms with van der Waals surface area (Å²) in [6.07, 6.45) is 3.66. The fraction of sp³-hybridized carbons (Fsp3) is 0.0952. The molecule has 0 radical (unpaired) electrons. The molecule has 0 bridgehead atoms. The molecule has 2 aromatic carbocycles. The molecule has 4 rings (SSSR count). The van der Waals surface area contributed by atoms with Crippen molar-refractivity contribution >= 4 is 22.5 Å². The molecular formula is C21H18N4O2. The lowest BCUT2D eigenvalue weighted by atomic mass is 10.0. The standard InChI is InChI=1S/C21H18N4O2/c1-2-25-13-14(12-22-25)20-11-18(17-8-3-4-9-19(17)24-20)21(27)23-15-6-5-7-16(26)10-15/h3-13,26H,2H2,1H3,(H,23,27). The number of aromatic nitrogens is 3. The summed E-state index contributed by atoms with van der Waals surface area (Å²) in [6, 6.07) is 15.8. The summed E-state index contributed by atoms with van der Waals surface area (Å²) < 4.78 is 1.82. The van der Waals surface area contributed by atoms with Crippen molar-refractivity contribution in [1.29, 1.82) is 0 Å². The number of hydrogen-bond acceptors (Lipinski definition) is 4. The highest BCUT2D eigenvalue weighted by atomic mass is 16.3. The Morgan fingerprint density at radius 2 is 2.00 bits per heavy atom. The maximum absolute atomic E-state index is 12.9. The Bertz CT molecular complexity index is 1130. The second-order valence-corrected chi connectivity index (χ2v) is 6.16.